The number of rotatable bonds is 4. The molecule has 1 fully saturated rings. The van der Waals surface area contributed by atoms with Crippen molar-refractivity contribution in [3.8, 4) is 0 Å². The van der Waals surface area contributed by atoms with Crippen molar-refractivity contribution >= 4 is 11.8 Å². The van der Waals surface area contributed by atoms with Gasteiger partial charge in [-0.25, -0.2) is 0 Å². The quantitative estimate of drug-likeness (QED) is 0.689. The van der Waals surface area contributed by atoms with Gasteiger partial charge >= 0.3 is 0 Å². The van der Waals surface area contributed by atoms with E-state index in [2.05, 4.69) is 11.9 Å². The fraction of sp³-hybridized carbons (Fsp3) is 0.636. The Kier molecular flexibility index (Phi) is 3.88. The molecule has 2 amide bonds. The first kappa shape index (κ1) is 11.8. The Morgan fingerprint density at radius 2 is 2.40 bits per heavy atom. The van der Waals surface area contributed by atoms with Crippen molar-refractivity contribution in [2.75, 3.05) is 13.1 Å². The molecule has 84 valence electrons. The summed E-state index contributed by atoms with van der Waals surface area (Å²) < 4.78 is 0. The monoisotopic (exact) mass is 210 g/mol. The molecule has 0 spiro atoms. The molecule has 0 radical (unpaired) electrons. The Morgan fingerprint density at radius 1 is 1.73 bits per heavy atom. The lowest BCUT2D eigenvalue weighted by molar-refractivity contribution is -0.136. The lowest BCUT2D eigenvalue weighted by atomic mass is 10.1. The van der Waals surface area contributed by atoms with Crippen LogP contribution in [0.25, 0.3) is 0 Å². The third kappa shape index (κ3) is 2.81. The summed E-state index contributed by atoms with van der Waals surface area (Å²) in [5, 5.41) is 2.67. The van der Waals surface area contributed by atoms with Gasteiger partial charge in [0.1, 0.15) is 0 Å². The van der Waals surface area contributed by atoms with E-state index in [9.17, 15) is 9.59 Å². The smallest absolute Gasteiger partial charge is 0.228 e. The van der Waals surface area contributed by atoms with Gasteiger partial charge in [-0.1, -0.05) is 6.08 Å². The Morgan fingerprint density at radius 3 is 2.80 bits per heavy atom. The topological polar surface area (TPSA) is 49.4 Å². The normalized spacial score (nSPS) is 20.2. The Balaban J connectivity index is 2.63. The van der Waals surface area contributed by atoms with Gasteiger partial charge in [0, 0.05) is 25.6 Å². The summed E-state index contributed by atoms with van der Waals surface area (Å²) in [6.45, 7) is 8.57. The average Bonchev–Trinajstić information content (AvgIpc) is 2.59. The van der Waals surface area contributed by atoms with E-state index in [-0.39, 0.29) is 23.8 Å². The van der Waals surface area contributed by atoms with Gasteiger partial charge in [-0.3, -0.25) is 9.59 Å². The van der Waals surface area contributed by atoms with Crippen LogP contribution < -0.4 is 5.32 Å². The second-order valence-electron chi connectivity index (χ2n) is 4.08. The highest BCUT2D eigenvalue weighted by atomic mass is 16.2. The minimum Gasteiger partial charge on any atom is -0.355 e. The summed E-state index contributed by atoms with van der Waals surface area (Å²) in [6.07, 6.45) is 2.03. The molecule has 1 atom stereocenters. The molecule has 15 heavy (non-hydrogen) atoms. The predicted octanol–water partition coefficient (Wildman–Crippen LogP) is 0.545. The molecule has 0 aromatic heterocycles. The third-order valence-electron chi connectivity index (χ3n) is 2.56. The van der Waals surface area contributed by atoms with E-state index in [0.29, 0.717) is 19.5 Å². The predicted molar refractivity (Wildman–Crippen MR) is 58.2 cm³/mol. The van der Waals surface area contributed by atoms with Gasteiger partial charge in [0.15, 0.2) is 0 Å². The Bertz CT molecular complexity index is 274. The van der Waals surface area contributed by atoms with Crippen molar-refractivity contribution in [3.63, 3.8) is 0 Å². The van der Waals surface area contributed by atoms with Crippen LogP contribution in [0.15, 0.2) is 12.7 Å². The lowest BCUT2D eigenvalue weighted by Gasteiger charge is -2.27. The molecule has 1 heterocycles. The van der Waals surface area contributed by atoms with Crippen molar-refractivity contribution in [2.45, 2.75) is 26.3 Å². The Labute approximate surface area is 90.3 Å². The highest BCUT2D eigenvalue weighted by Gasteiger charge is 2.31. The van der Waals surface area contributed by atoms with Gasteiger partial charge < -0.3 is 10.2 Å². The zero-order valence-electron chi connectivity index (χ0n) is 9.32. The summed E-state index contributed by atoms with van der Waals surface area (Å²) in [7, 11) is 0. The zero-order valence-corrected chi connectivity index (χ0v) is 9.32. The molecule has 0 saturated carbocycles. The molecule has 0 aromatic rings. The number of hydrogen-bond acceptors (Lipinski definition) is 2. The molecular weight excluding hydrogens is 192 g/mol. The van der Waals surface area contributed by atoms with Crippen LogP contribution in [0.1, 0.15) is 20.3 Å². The molecule has 4 nitrogen and oxygen atoms in total. The third-order valence-corrected chi connectivity index (χ3v) is 2.56. The lowest BCUT2D eigenvalue weighted by Crippen LogP contribution is -2.41. The van der Waals surface area contributed by atoms with Crippen LogP contribution in [-0.4, -0.2) is 35.8 Å². The van der Waals surface area contributed by atoms with E-state index in [4.69, 9.17) is 0 Å². The fourth-order valence-corrected chi connectivity index (χ4v) is 1.71. The average molecular weight is 210 g/mol. The second-order valence-corrected chi connectivity index (χ2v) is 4.08. The van der Waals surface area contributed by atoms with Crippen LogP contribution in [0, 0.1) is 5.92 Å². The van der Waals surface area contributed by atoms with Gasteiger partial charge in [0.2, 0.25) is 11.8 Å². The summed E-state index contributed by atoms with van der Waals surface area (Å²) in [5.74, 6) is -0.182. The van der Waals surface area contributed by atoms with Crippen LogP contribution in [-0.2, 0) is 9.59 Å². The SMILES string of the molecule is C=CCN(C(=O)C1CNC(=O)C1)C(C)C. The molecule has 0 aromatic carbocycles. The number of carbonyl (C=O) groups excluding carboxylic acids is 2. The van der Waals surface area contributed by atoms with E-state index >= 15 is 0 Å². The van der Waals surface area contributed by atoms with E-state index < -0.39 is 0 Å². The van der Waals surface area contributed by atoms with Crippen molar-refractivity contribution in [1.82, 2.24) is 10.2 Å². The summed E-state index contributed by atoms with van der Waals surface area (Å²) in [6, 6.07) is 0.145. The number of carbonyl (C=O) groups is 2. The van der Waals surface area contributed by atoms with Gasteiger partial charge in [-0.2, -0.15) is 0 Å². The number of hydrogen-bond donors (Lipinski definition) is 1. The first-order valence-corrected chi connectivity index (χ1v) is 5.24. The van der Waals surface area contributed by atoms with E-state index in [0.717, 1.165) is 0 Å². The van der Waals surface area contributed by atoms with Crippen LogP contribution in [0.4, 0.5) is 0 Å². The maximum Gasteiger partial charge on any atom is 0.228 e. The number of nitrogens with one attached hydrogen (secondary N) is 1. The van der Waals surface area contributed by atoms with E-state index in [1.807, 2.05) is 13.8 Å². The molecule has 1 aliphatic heterocycles. The standard InChI is InChI=1S/C11H18N2O2/c1-4-5-13(8(2)3)11(15)9-6-10(14)12-7-9/h4,8-9H,1,5-7H2,2-3H3,(H,12,14). The van der Waals surface area contributed by atoms with Gasteiger partial charge in [0.25, 0.3) is 0 Å². The highest BCUT2D eigenvalue weighted by Crippen LogP contribution is 2.14. The maximum absolute atomic E-state index is 12.0. The summed E-state index contributed by atoms with van der Waals surface area (Å²) in [5.41, 5.74) is 0. The molecule has 1 rings (SSSR count). The van der Waals surface area contributed by atoms with Crippen molar-refractivity contribution in [1.29, 1.82) is 0 Å². The van der Waals surface area contributed by atoms with E-state index in [1.54, 1.807) is 11.0 Å². The molecule has 0 aliphatic carbocycles. The zero-order chi connectivity index (χ0) is 11.4. The first-order valence-electron chi connectivity index (χ1n) is 5.24. The van der Waals surface area contributed by atoms with Crippen LogP contribution in [0.5, 0.6) is 0 Å². The minimum absolute atomic E-state index is 0.0318. The maximum atomic E-state index is 12.0. The van der Waals surface area contributed by atoms with Crippen LogP contribution in [0.3, 0.4) is 0 Å². The largest absolute Gasteiger partial charge is 0.355 e. The Hall–Kier alpha value is -1.32. The van der Waals surface area contributed by atoms with Gasteiger partial charge in [0.05, 0.1) is 5.92 Å². The van der Waals surface area contributed by atoms with Crippen molar-refractivity contribution in [2.24, 2.45) is 5.92 Å². The van der Waals surface area contributed by atoms with Crippen molar-refractivity contribution in [3.05, 3.63) is 12.7 Å². The number of amides is 2. The number of nitrogens with zero attached hydrogens (tertiary/aromatic N) is 1. The fourth-order valence-electron chi connectivity index (χ4n) is 1.71. The molecule has 0 bridgehead atoms. The van der Waals surface area contributed by atoms with Crippen LogP contribution in [0.2, 0.25) is 0 Å². The summed E-state index contributed by atoms with van der Waals surface area (Å²) >= 11 is 0. The van der Waals surface area contributed by atoms with Gasteiger partial charge in [-0.05, 0) is 13.8 Å². The molecular formula is C11H18N2O2. The highest BCUT2D eigenvalue weighted by molar-refractivity contribution is 5.89. The minimum atomic E-state index is -0.195. The summed E-state index contributed by atoms with van der Waals surface area (Å²) in [4.78, 5) is 24.8. The van der Waals surface area contributed by atoms with Gasteiger partial charge in [-0.15, -0.1) is 6.58 Å². The van der Waals surface area contributed by atoms with E-state index in [1.165, 1.54) is 0 Å². The molecule has 4 heteroatoms. The first-order chi connectivity index (χ1) is 7.06. The molecule has 1 aliphatic rings. The second kappa shape index (κ2) is 4.96. The molecule has 1 saturated heterocycles. The van der Waals surface area contributed by atoms with Crippen LogP contribution >= 0.6 is 0 Å². The molecule has 1 unspecified atom stereocenters. The molecule has 1 N–H and O–H groups in total. The van der Waals surface area contributed by atoms with Crippen molar-refractivity contribution < 1.29 is 9.59 Å².